The molecule has 0 aliphatic carbocycles. The van der Waals surface area contributed by atoms with Gasteiger partial charge in [0.15, 0.2) is 4.77 Å². The first-order chi connectivity index (χ1) is 9.13. The van der Waals surface area contributed by atoms with Crippen molar-refractivity contribution < 1.29 is 13.9 Å². The van der Waals surface area contributed by atoms with Crippen molar-refractivity contribution in [2.75, 3.05) is 26.9 Å². The molecule has 0 radical (unpaired) electrons. The summed E-state index contributed by atoms with van der Waals surface area (Å²) in [6.07, 6.45) is 0. The molecule has 1 aromatic heterocycles. The number of methoxy groups -OCH3 is 1. The highest BCUT2D eigenvalue weighted by Gasteiger charge is 2.08. The van der Waals surface area contributed by atoms with E-state index in [0.717, 1.165) is 5.52 Å². The molecule has 19 heavy (non-hydrogen) atoms. The molecule has 4 nitrogen and oxygen atoms in total. The van der Waals surface area contributed by atoms with Crippen molar-refractivity contribution in [1.82, 2.24) is 9.55 Å². The molecule has 0 saturated carbocycles. The van der Waals surface area contributed by atoms with E-state index < -0.39 is 5.82 Å². The van der Waals surface area contributed by atoms with Crippen LogP contribution >= 0.6 is 23.8 Å². The Kier molecular flexibility index (Phi) is 4.93. The summed E-state index contributed by atoms with van der Waals surface area (Å²) in [6, 6.07) is 2.91. The first kappa shape index (κ1) is 14.5. The lowest BCUT2D eigenvalue weighted by Crippen LogP contribution is -2.09. The maximum absolute atomic E-state index is 13.3. The van der Waals surface area contributed by atoms with Crippen LogP contribution < -0.4 is 0 Å². The second kappa shape index (κ2) is 6.47. The quantitative estimate of drug-likeness (QED) is 0.658. The number of nitrogens with one attached hydrogen (secondary N) is 1. The second-order valence-corrected chi connectivity index (χ2v) is 4.76. The third kappa shape index (κ3) is 3.33. The molecule has 2 rings (SSSR count). The number of aromatic nitrogens is 2. The number of hydrogen-bond acceptors (Lipinski definition) is 3. The Morgan fingerprint density at radius 3 is 2.89 bits per heavy atom. The van der Waals surface area contributed by atoms with Crippen LogP contribution in [-0.2, 0) is 16.0 Å². The molecule has 0 fully saturated rings. The van der Waals surface area contributed by atoms with Gasteiger partial charge in [0.1, 0.15) is 5.82 Å². The highest BCUT2D eigenvalue weighted by molar-refractivity contribution is 7.71. The largest absolute Gasteiger partial charge is 0.382 e. The van der Waals surface area contributed by atoms with Gasteiger partial charge in [-0.15, -0.1) is 0 Å². The van der Waals surface area contributed by atoms with Gasteiger partial charge in [-0.1, -0.05) is 11.6 Å². The summed E-state index contributed by atoms with van der Waals surface area (Å²) in [6.45, 7) is 2.15. The zero-order chi connectivity index (χ0) is 13.8. The van der Waals surface area contributed by atoms with E-state index in [0.29, 0.717) is 36.7 Å². The van der Waals surface area contributed by atoms with Crippen LogP contribution in [0.3, 0.4) is 0 Å². The van der Waals surface area contributed by atoms with Gasteiger partial charge in [-0.2, -0.15) is 0 Å². The van der Waals surface area contributed by atoms with Gasteiger partial charge in [-0.05, 0) is 18.3 Å². The molecule has 1 aromatic carbocycles. The van der Waals surface area contributed by atoms with E-state index in [9.17, 15) is 4.39 Å². The average Bonchev–Trinajstić information content (AvgIpc) is 2.66. The van der Waals surface area contributed by atoms with Crippen LogP contribution in [0.15, 0.2) is 12.1 Å². The fourth-order valence-electron chi connectivity index (χ4n) is 1.77. The zero-order valence-electron chi connectivity index (χ0n) is 10.4. The Morgan fingerprint density at radius 1 is 1.37 bits per heavy atom. The standard InChI is InChI=1S/C12H14ClFN2O2S/c1-17-4-5-18-3-2-16-11-6-8(13)9(14)7-10(11)15-12(16)19/h6-7H,2-5H2,1H3,(H,15,19). The normalized spacial score (nSPS) is 11.3. The zero-order valence-corrected chi connectivity index (χ0v) is 12.0. The number of ether oxygens (including phenoxy) is 2. The summed E-state index contributed by atoms with van der Waals surface area (Å²) in [4.78, 5) is 2.95. The monoisotopic (exact) mass is 304 g/mol. The summed E-state index contributed by atoms with van der Waals surface area (Å²) in [5.41, 5.74) is 1.40. The maximum atomic E-state index is 13.3. The maximum Gasteiger partial charge on any atom is 0.178 e. The van der Waals surface area contributed by atoms with Crippen LogP contribution in [-0.4, -0.2) is 36.5 Å². The predicted octanol–water partition coefficient (Wildman–Crippen LogP) is 3.15. The van der Waals surface area contributed by atoms with E-state index in [4.69, 9.17) is 33.3 Å². The van der Waals surface area contributed by atoms with E-state index in [1.165, 1.54) is 6.07 Å². The van der Waals surface area contributed by atoms with Crippen LogP contribution in [0, 0.1) is 10.6 Å². The molecule has 0 atom stereocenters. The fourth-order valence-corrected chi connectivity index (χ4v) is 2.23. The summed E-state index contributed by atoms with van der Waals surface area (Å²) < 4.78 is 26.0. The Morgan fingerprint density at radius 2 is 2.16 bits per heavy atom. The number of fused-ring (bicyclic) bond motifs is 1. The minimum absolute atomic E-state index is 0.0792. The van der Waals surface area contributed by atoms with Gasteiger partial charge in [0.2, 0.25) is 0 Å². The lowest BCUT2D eigenvalue weighted by molar-refractivity contribution is 0.0668. The van der Waals surface area contributed by atoms with Crippen LogP contribution in [0.2, 0.25) is 5.02 Å². The number of halogens is 2. The minimum atomic E-state index is -0.464. The first-order valence-electron chi connectivity index (χ1n) is 5.77. The molecule has 0 aliphatic heterocycles. The lowest BCUT2D eigenvalue weighted by atomic mass is 10.3. The van der Waals surface area contributed by atoms with Gasteiger partial charge < -0.3 is 19.0 Å². The summed E-state index contributed by atoms with van der Waals surface area (Å²) in [7, 11) is 1.62. The van der Waals surface area contributed by atoms with Gasteiger partial charge in [0.05, 0.1) is 35.9 Å². The molecular weight excluding hydrogens is 291 g/mol. The molecule has 0 bridgehead atoms. The van der Waals surface area contributed by atoms with E-state index in [2.05, 4.69) is 4.98 Å². The number of rotatable bonds is 6. The van der Waals surface area contributed by atoms with Crippen LogP contribution in [0.4, 0.5) is 4.39 Å². The van der Waals surface area contributed by atoms with Crippen molar-refractivity contribution in [2.24, 2.45) is 0 Å². The van der Waals surface area contributed by atoms with Crippen molar-refractivity contribution in [3.05, 3.63) is 27.7 Å². The van der Waals surface area contributed by atoms with Crippen LogP contribution in [0.1, 0.15) is 0 Å². The molecule has 104 valence electrons. The highest BCUT2D eigenvalue weighted by atomic mass is 35.5. The number of nitrogens with zero attached hydrogens (tertiary/aromatic N) is 1. The van der Waals surface area contributed by atoms with Crippen molar-refractivity contribution in [1.29, 1.82) is 0 Å². The van der Waals surface area contributed by atoms with Crippen molar-refractivity contribution in [3.8, 4) is 0 Å². The second-order valence-electron chi connectivity index (χ2n) is 3.97. The Labute approximate surface area is 120 Å². The molecule has 1 N–H and O–H groups in total. The molecule has 0 amide bonds. The first-order valence-corrected chi connectivity index (χ1v) is 6.56. The van der Waals surface area contributed by atoms with E-state index in [1.807, 2.05) is 4.57 Å². The smallest absolute Gasteiger partial charge is 0.178 e. The average molecular weight is 305 g/mol. The fraction of sp³-hybridized carbons (Fsp3) is 0.417. The van der Waals surface area contributed by atoms with E-state index >= 15 is 0 Å². The van der Waals surface area contributed by atoms with E-state index in [1.54, 1.807) is 13.2 Å². The Bertz CT molecular complexity index is 626. The third-order valence-electron chi connectivity index (χ3n) is 2.71. The topological polar surface area (TPSA) is 39.2 Å². The SMILES string of the molecule is COCCOCCn1c(=S)[nH]c2cc(F)c(Cl)cc21. The summed E-state index contributed by atoms with van der Waals surface area (Å²) in [5.74, 6) is -0.464. The predicted molar refractivity (Wildman–Crippen MR) is 74.8 cm³/mol. The summed E-state index contributed by atoms with van der Waals surface area (Å²) in [5, 5.41) is 0.0792. The Hall–Kier alpha value is -0.950. The molecule has 7 heteroatoms. The molecule has 2 aromatic rings. The lowest BCUT2D eigenvalue weighted by Gasteiger charge is -2.06. The van der Waals surface area contributed by atoms with E-state index in [-0.39, 0.29) is 5.02 Å². The molecule has 0 unspecified atom stereocenters. The van der Waals surface area contributed by atoms with Gasteiger partial charge in [0, 0.05) is 19.7 Å². The van der Waals surface area contributed by atoms with Crippen molar-refractivity contribution in [3.63, 3.8) is 0 Å². The van der Waals surface area contributed by atoms with Crippen molar-refractivity contribution >= 4 is 34.9 Å². The number of imidazole rings is 1. The summed E-state index contributed by atoms with van der Waals surface area (Å²) >= 11 is 11.0. The number of aromatic amines is 1. The number of hydrogen-bond donors (Lipinski definition) is 1. The minimum Gasteiger partial charge on any atom is -0.382 e. The molecule has 1 heterocycles. The molecule has 0 saturated heterocycles. The van der Waals surface area contributed by atoms with Crippen LogP contribution in [0.5, 0.6) is 0 Å². The number of benzene rings is 1. The molecule has 0 aliphatic rings. The third-order valence-corrected chi connectivity index (χ3v) is 3.32. The molecule has 0 spiro atoms. The van der Waals surface area contributed by atoms with Gasteiger partial charge in [-0.3, -0.25) is 0 Å². The van der Waals surface area contributed by atoms with Crippen molar-refractivity contribution in [2.45, 2.75) is 6.54 Å². The highest BCUT2D eigenvalue weighted by Crippen LogP contribution is 2.22. The van der Waals surface area contributed by atoms with Crippen LogP contribution in [0.25, 0.3) is 11.0 Å². The van der Waals surface area contributed by atoms with Gasteiger partial charge in [-0.25, -0.2) is 4.39 Å². The van der Waals surface area contributed by atoms with Gasteiger partial charge >= 0.3 is 0 Å². The number of H-pyrrole nitrogens is 1. The molecular formula is C12H14ClFN2O2S. The Balaban J connectivity index is 2.16. The van der Waals surface area contributed by atoms with Gasteiger partial charge in [0.25, 0.3) is 0 Å².